The first-order chi connectivity index (χ1) is 14.0. The van der Waals surface area contributed by atoms with Crippen molar-refractivity contribution >= 4 is 30.0 Å². The molecule has 164 valence electrons. The predicted octanol–water partition coefficient (Wildman–Crippen LogP) is 4.76. The van der Waals surface area contributed by atoms with Crippen molar-refractivity contribution in [3.63, 3.8) is 0 Å². The summed E-state index contributed by atoms with van der Waals surface area (Å²) >= 11 is 6.04. The van der Waals surface area contributed by atoms with Gasteiger partial charge in [-0.25, -0.2) is 4.39 Å². The van der Waals surface area contributed by atoms with Gasteiger partial charge in [0.05, 0.1) is 25.7 Å². The molecule has 1 saturated heterocycles. The molecule has 0 radical (unpaired) electrons. The van der Waals surface area contributed by atoms with Crippen molar-refractivity contribution in [3.8, 4) is 5.75 Å². The number of morpholine rings is 1. The SMILES string of the molecule is Cl.O=C(O)CCN1CCOC(c2ccc(OCCCc3c(F)cccc3Cl)cc2)C1. The van der Waals surface area contributed by atoms with Crippen molar-refractivity contribution in [1.29, 1.82) is 0 Å². The molecule has 1 heterocycles. The quantitative estimate of drug-likeness (QED) is 0.550. The second-order valence-corrected chi connectivity index (χ2v) is 7.43. The Kier molecular flexibility index (Phi) is 9.85. The van der Waals surface area contributed by atoms with Crippen LogP contribution < -0.4 is 4.74 Å². The molecular formula is C22H26Cl2FNO4. The van der Waals surface area contributed by atoms with E-state index in [1.54, 1.807) is 12.1 Å². The average Bonchev–Trinajstić information content (AvgIpc) is 2.72. The third kappa shape index (κ3) is 7.13. The number of ether oxygens (including phenoxy) is 2. The van der Waals surface area contributed by atoms with Gasteiger partial charge in [-0.2, -0.15) is 0 Å². The van der Waals surface area contributed by atoms with Crippen molar-refractivity contribution in [2.75, 3.05) is 32.8 Å². The lowest BCUT2D eigenvalue weighted by molar-refractivity contribution is -0.137. The van der Waals surface area contributed by atoms with Gasteiger partial charge < -0.3 is 14.6 Å². The number of benzene rings is 2. The third-order valence-corrected chi connectivity index (χ3v) is 5.30. The summed E-state index contributed by atoms with van der Waals surface area (Å²) in [4.78, 5) is 12.9. The van der Waals surface area contributed by atoms with Crippen molar-refractivity contribution < 1.29 is 23.8 Å². The molecule has 5 nitrogen and oxygen atoms in total. The van der Waals surface area contributed by atoms with Crippen LogP contribution in [0.5, 0.6) is 5.75 Å². The van der Waals surface area contributed by atoms with Gasteiger partial charge in [-0.05, 0) is 42.7 Å². The molecule has 2 aromatic carbocycles. The summed E-state index contributed by atoms with van der Waals surface area (Å²) < 4.78 is 25.4. The van der Waals surface area contributed by atoms with E-state index in [1.807, 2.05) is 24.3 Å². The third-order valence-electron chi connectivity index (χ3n) is 4.95. The molecule has 0 bridgehead atoms. The van der Waals surface area contributed by atoms with Crippen LogP contribution in [-0.2, 0) is 16.0 Å². The Hall–Kier alpha value is -1.86. The minimum Gasteiger partial charge on any atom is -0.494 e. The van der Waals surface area contributed by atoms with Crippen LogP contribution in [0.4, 0.5) is 4.39 Å². The van der Waals surface area contributed by atoms with Crippen LogP contribution in [0.3, 0.4) is 0 Å². The number of carboxylic acid groups (broad SMARTS) is 1. The van der Waals surface area contributed by atoms with Gasteiger partial charge in [0.25, 0.3) is 0 Å². The maximum atomic E-state index is 13.8. The Balaban J connectivity index is 0.00000320. The highest BCUT2D eigenvalue weighted by Gasteiger charge is 2.22. The summed E-state index contributed by atoms with van der Waals surface area (Å²) in [6.07, 6.45) is 1.24. The minimum atomic E-state index is -0.785. The molecule has 1 aliphatic rings. The lowest BCUT2D eigenvalue weighted by Gasteiger charge is -2.32. The lowest BCUT2D eigenvalue weighted by Crippen LogP contribution is -2.39. The van der Waals surface area contributed by atoms with Crippen LogP contribution in [0.15, 0.2) is 42.5 Å². The number of halogens is 3. The highest BCUT2D eigenvalue weighted by atomic mass is 35.5. The Labute approximate surface area is 187 Å². The molecule has 0 spiro atoms. The van der Waals surface area contributed by atoms with E-state index < -0.39 is 5.97 Å². The zero-order chi connectivity index (χ0) is 20.6. The van der Waals surface area contributed by atoms with E-state index in [0.29, 0.717) is 49.7 Å². The lowest BCUT2D eigenvalue weighted by atomic mass is 10.1. The zero-order valence-electron chi connectivity index (χ0n) is 16.6. The molecule has 1 unspecified atom stereocenters. The summed E-state index contributed by atoms with van der Waals surface area (Å²) in [5.74, 6) is -0.328. The first-order valence-corrected chi connectivity index (χ1v) is 10.1. The van der Waals surface area contributed by atoms with Crippen molar-refractivity contribution in [1.82, 2.24) is 4.90 Å². The predicted molar refractivity (Wildman–Crippen MR) is 116 cm³/mol. The Bertz CT molecular complexity index is 799. The van der Waals surface area contributed by atoms with Crippen LogP contribution in [-0.4, -0.2) is 48.8 Å². The fourth-order valence-corrected chi connectivity index (χ4v) is 3.61. The average molecular weight is 458 g/mol. The van der Waals surface area contributed by atoms with Gasteiger partial charge in [0.1, 0.15) is 11.6 Å². The fourth-order valence-electron chi connectivity index (χ4n) is 3.35. The second-order valence-electron chi connectivity index (χ2n) is 7.03. The second kappa shape index (κ2) is 12.1. The summed E-state index contributed by atoms with van der Waals surface area (Å²) in [5.41, 5.74) is 1.56. The molecule has 0 aromatic heterocycles. The Morgan fingerprint density at radius 3 is 2.73 bits per heavy atom. The summed E-state index contributed by atoms with van der Waals surface area (Å²) in [6.45, 7) is 3.00. The largest absolute Gasteiger partial charge is 0.494 e. The van der Waals surface area contributed by atoms with Gasteiger partial charge in [-0.3, -0.25) is 9.69 Å². The number of hydrogen-bond acceptors (Lipinski definition) is 4. The molecule has 1 aliphatic heterocycles. The van der Waals surface area contributed by atoms with E-state index in [2.05, 4.69) is 4.90 Å². The molecule has 1 fully saturated rings. The van der Waals surface area contributed by atoms with E-state index in [9.17, 15) is 9.18 Å². The van der Waals surface area contributed by atoms with Gasteiger partial charge in [0, 0.05) is 30.2 Å². The van der Waals surface area contributed by atoms with Crippen molar-refractivity contribution in [3.05, 3.63) is 64.4 Å². The van der Waals surface area contributed by atoms with Gasteiger partial charge in [-0.15, -0.1) is 12.4 Å². The van der Waals surface area contributed by atoms with E-state index in [0.717, 1.165) is 17.9 Å². The number of aliphatic carboxylic acids is 1. The summed E-state index contributed by atoms with van der Waals surface area (Å²) in [7, 11) is 0. The number of carbonyl (C=O) groups is 1. The summed E-state index contributed by atoms with van der Waals surface area (Å²) in [5, 5.41) is 9.28. The van der Waals surface area contributed by atoms with Crippen molar-refractivity contribution in [2.24, 2.45) is 0 Å². The van der Waals surface area contributed by atoms with Crippen LogP contribution in [0.2, 0.25) is 5.02 Å². The standard InChI is InChI=1S/C22H25ClFNO4.ClH/c23-19-4-1-5-20(24)18(19)3-2-13-28-17-8-6-16(7-9-17)21-15-25(12-14-29-21)11-10-22(26)27;/h1,4-9,21H,2-3,10-15H2,(H,26,27);1H. The fraction of sp³-hybridized carbons (Fsp3) is 0.409. The summed E-state index contributed by atoms with van der Waals surface area (Å²) in [6, 6.07) is 12.4. The molecule has 8 heteroatoms. The Morgan fingerprint density at radius 1 is 1.27 bits per heavy atom. The molecule has 0 aliphatic carbocycles. The molecule has 30 heavy (non-hydrogen) atoms. The van der Waals surface area contributed by atoms with Gasteiger partial charge >= 0.3 is 5.97 Å². The minimum absolute atomic E-state index is 0. The maximum absolute atomic E-state index is 13.8. The van der Waals surface area contributed by atoms with Crippen molar-refractivity contribution in [2.45, 2.75) is 25.4 Å². The van der Waals surface area contributed by atoms with Crippen LogP contribution in [0, 0.1) is 5.82 Å². The van der Waals surface area contributed by atoms with E-state index in [4.69, 9.17) is 26.2 Å². The monoisotopic (exact) mass is 457 g/mol. The normalized spacial score (nSPS) is 16.7. The van der Waals surface area contributed by atoms with E-state index in [1.165, 1.54) is 6.07 Å². The number of carboxylic acids is 1. The molecule has 1 atom stereocenters. The van der Waals surface area contributed by atoms with Crippen LogP contribution in [0.1, 0.15) is 30.1 Å². The van der Waals surface area contributed by atoms with Gasteiger partial charge in [0.2, 0.25) is 0 Å². The molecule has 1 N–H and O–H groups in total. The number of rotatable bonds is 9. The van der Waals surface area contributed by atoms with E-state index >= 15 is 0 Å². The highest BCUT2D eigenvalue weighted by Crippen LogP contribution is 2.25. The molecule has 3 rings (SSSR count). The highest BCUT2D eigenvalue weighted by molar-refractivity contribution is 6.31. The van der Waals surface area contributed by atoms with Crippen LogP contribution >= 0.6 is 24.0 Å². The van der Waals surface area contributed by atoms with Crippen LogP contribution in [0.25, 0.3) is 0 Å². The smallest absolute Gasteiger partial charge is 0.304 e. The molecule has 0 saturated carbocycles. The number of hydrogen-bond donors (Lipinski definition) is 1. The first-order valence-electron chi connectivity index (χ1n) is 9.74. The topological polar surface area (TPSA) is 59.0 Å². The number of nitrogens with zero attached hydrogens (tertiary/aromatic N) is 1. The first kappa shape index (κ1) is 24.4. The molecule has 0 amide bonds. The Morgan fingerprint density at radius 2 is 2.03 bits per heavy atom. The molecular weight excluding hydrogens is 432 g/mol. The maximum Gasteiger partial charge on any atom is 0.304 e. The van der Waals surface area contributed by atoms with E-state index in [-0.39, 0.29) is 30.7 Å². The van der Waals surface area contributed by atoms with Gasteiger partial charge in [-0.1, -0.05) is 29.8 Å². The van der Waals surface area contributed by atoms with Gasteiger partial charge in [0.15, 0.2) is 0 Å². The molecule has 2 aromatic rings. The zero-order valence-corrected chi connectivity index (χ0v) is 18.1.